The third-order valence-corrected chi connectivity index (χ3v) is 8.05. The molecule has 0 bridgehead atoms. The Kier molecular flexibility index (Phi) is 6.78. The standard InChI is InChI=1S/C21H22BrNO4S2/c1-13-7-17(11-20(28-4)29(24,25)23-3)19(8-14(13)2)27-12-15-9-16-5-6-26-21(16)18(22)10-15/h5-11,23H,12H2,1-4H3/b20-11+. The first-order valence-corrected chi connectivity index (χ1v) is 12.3. The zero-order valence-electron chi connectivity index (χ0n) is 16.6. The molecule has 0 aliphatic rings. The SMILES string of the molecule is CNS(=O)(=O)/C(=C/c1cc(C)c(C)cc1OCc1cc(Br)c2occc2c1)SC. The third-order valence-electron chi connectivity index (χ3n) is 4.59. The number of thioether (sulfide) groups is 1. The molecular formula is C21H22BrNO4S2. The van der Waals surface area contributed by atoms with Gasteiger partial charge >= 0.3 is 0 Å². The van der Waals surface area contributed by atoms with E-state index in [1.165, 1.54) is 18.8 Å². The van der Waals surface area contributed by atoms with Crippen LogP contribution >= 0.6 is 27.7 Å². The molecular weight excluding hydrogens is 474 g/mol. The van der Waals surface area contributed by atoms with E-state index in [1.807, 2.05) is 44.2 Å². The van der Waals surface area contributed by atoms with Crippen molar-refractivity contribution < 1.29 is 17.6 Å². The molecule has 0 amide bonds. The van der Waals surface area contributed by atoms with Crippen molar-refractivity contribution in [1.82, 2.24) is 4.72 Å². The van der Waals surface area contributed by atoms with Crippen molar-refractivity contribution >= 4 is 54.8 Å². The summed E-state index contributed by atoms with van der Waals surface area (Å²) in [5.41, 5.74) is 4.64. The molecule has 0 aliphatic heterocycles. The van der Waals surface area contributed by atoms with E-state index in [2.05, 4.69) is 20.7 Å². The number of hydrogen-bond donors (Lipinski definition) is 1. The molecule has 29 heavy (non-hydrogen) atoms. The van der Waals surface area contributed by atoms with E-state index in [9.17, 15) is 8.42 Å². The lowest BCUT2D eigenvalue weighted by Gasteiger charge is -2.14. The summed E-state index contributed by atoms with van der Waals surface area (Å²) in [5, 5.41) is 0.989. The van der Waals surface area contributed by atoms with Gasteiger partial charge in [0.2, 0.25) is 10.0 Å². The molecule has 154 valence electrons. The topological polar surface area (TPSA) is 68.5 Å². The average molecular weight is 496 g/mol. The summed E-state index contributed by atoms with van der Waals surface area (Å²) in [6.07, 6.45) is 5.03. The maximum atomic E-state index is 12.3. The smallest absolute Gasteiger partial charge is 0.246 e. The second kappa shape index (κ2) is 8.95. The Labute approximate surface area is 183 Å². The summed E-state index contributed by atoms with van der Waals surface area (Å²) in [7, 11) is -2.13. The van der Waals surface area contributed by atoms with E-state index >= 15 is 0 Å². The van der Waals surface area contributed by atoms with Gasteiger partial charge in [-0.25, -0.2) is 13.1 Å². The number of benzene rings is 2. The lowest BCUT2D eigenvalue weighted by atomic mass is 10.0. The second-order valence-corrected chi connectivity index (χ2v) is 10.4. The maximum absolute atomic E-state index is 12.3. The number of ether oxygens (including phenoxy) is 1. The third kappa shape index (κ3) is 4.88. The van der Waals surface area contributed by atoms with Crippen LogP contribution in [0.2, 0.25) is 0 Å². The molecule has 5 nitrogen and oxygen atoms in total. The summed E-state index contributed by atoms with van der Waals surface area (Å²) in [4.78, 5) is 0. The van der Waals surface area contributed by atoms with Gasteiger partial charge in [-0.15, -0.1) is 11.8 Å². The van der Waals surface area contributed by atoms with Crippen molar-refractivity contribution in [2.45, 2.75) is 20.5 Å². The van der Waals surface area contributed by atoms with Crippen LogP contribution in [0.5, 0.6) is 5.75 Å². The van der Waals surface area contributed by atoms with Crippen molar-refractivity contribution in [3.8, 4) is 5.75 Å². The summed E-state index contributed by atoms with van der Waals surface area (Å²) >= 11 is 4.70. The van der Waals surface area contributed by atoms with Crippen LogP contribution in [0.1, 0.15) is 22.3 Å². The molecule has 0 fully saturated rings. The van der Waals surface area contributed by atoms with Gasteiger partial charge in [-0.2, -0.15) is 0 Å². The monoisotopic (exact) mass is 495 g/mol. The number of hydrogen-bond acceptors (Lipinski definition) is 5. The molecule has 3 rings (SSSR count). The van der Waals surface area contributed by atoms with E-state index in [0.29, 0.717) is 12.4 Å². The molecule has 2 aromatic carbocycles. The Morgan fingerprint density at radius 3 is 2.66 bits per heavy atom. The second-order valence-electron chi connectivity index (χ2n) is 6.55. The number of rotatable bonds is 7. The Balaban J connectivity index is 1.97. The van der Waals surface area contributed by atoms with Crippen LogP contribution in [0.25, 0.3) is 17.0 Å². The van der Waals surface area contributed by atoms with E-state index in [1.54, 1.807) is 18.6 Å². The zero-order valence-corrected chi connectivity index (χ0v) is 19.8. The number of halogens is 1. The lowest BCUT2D eigenvalue weighted by Crippen LogP contribution is -2.18. The molecule has 0 radical (unpaired) electrons. The summed E-state index contributed by atoms with van der Waals surface area (Å²) in [6.45, 7) is 4.34. The minimum atomic E-state index is -3.54. The minimum Gasteiger partial charge on any atom is -0.488 e. The largest absolute Gasteiger partial charge is 0.488 e. The van der Waals surface area contributed by atoms with E-state index in [4.69, 9.17) is 9.15 Å². The number of sulfonamides is 1. The molecule has 0 spiro atoms. The van der Waals surface area contributed by atoms with E-state index in [-0.39, 0.29) is 4.24 Å². The first-order chi connectivity index (χ1) is 13.7. The summed E-state index contributed by atoms with van der Waals surface area (Å²) < 4.78 is 39.5. The van der Waals surface area contributed by atoms with Crippen LogP contribution < -0.4 is 9.46 Å². The maximum Gasteiger partial charge on any atom is 0.246 e. The predicted molar refractivity (Wildman–Crippen MR) is 124 cm³/mol. The summed E-state index contributed by atoms with van der Waals surface area (Å²) in [5.74, 6) is 0.634. The molecule has 1 aromatic heterocycles. The Hall–Kier alpha value is -1.74. The quantitative estimate of drug-likeness (QED) is 0.461. The van der Waals surface area contributed by atoms with Crippen molar-refractivity contribution in [1.29, 1.82) is 0 Å². The van der Waals surface area contributed by atoms with Crippen LogP contribution in [-0.2, 0) is 16.6 Å². The van der Waals surface area contributed by atoms with Gasteiger partial charge in [-0.05, 0) is 96.2 Å². The first-order valence-electron chi connectivity index (χ1n) is 8.84. The average Bonchev–Trinajstić information content (AvgIpc) is 3.16. The highest BCUT2D eigenvalue weighted by atomic mass is 79.9. The molecule has 8 heteroatoms. The van der Waals surface area contributed by atoms with Gasteiger partial charge in [0, 0.05) is 10.9 Å². The van der Waals surface area contributed by atoms with Crippen molar-refractivity contribution in [3.05, 3.63) is 67.6 Å². The highest BCUT2D eigenvalue weighted by Gasteiger charge is 2.16. The van der Waals surface area contributed by atoms with Crippen LogP contribution in [0.4, 0.5) is 0 Å². The Morgan fingerprint density at radius 1 is 1.24 bits per heavy atom. The molecule has 0 atom stereocenters. The van der Waals surface area contributed by atoms with Crippen LogP contribution in [0.3, 0.4) is 0 Å². The molecule has 0 saturated heterocycles. The number of furan rings is 1. The molecule has 3 aromatic rings. The fourth-order valence-corrected chi connectivity index (χ4v) is 5.34. The minimum absolute atomic E-state index is 0.232. The van der Waals surface area contributed by atoms with Crippen molar-refractivity contribution in [2.75, 3.05) is 13.3 Å². The Bertz CT molecular complexity index is 1180. The van der Waals surface area contributed by atoms with Gasteiger partial charge in [-0.1, -0.05) is 0 Å². The van der Waals surface area contributed by atoms with Crippen LogP contribution in [-0.4, -0.2) is 21.7 Å². The summed E-state index contributed by atoms with van der Waals surface area (Å²) in [6, 6.07) is 9.76. The highest BCUT2D eigenvalue weighted by Crippen LogP contribution is 2.31. The van der Waals surface area contributed by atoms with Gasteiger partial charge in [0.1, 0.15) is 22.2 Å². The molecule has 0 unspecified atom stereocenters. The molecule has 1 heterocycles. The fraction of sp³-hybridized carbons (Fsp3) is 0.238. The number of fused-ring (bicyclic) bond motifs is 1. The molecule has 0 aliphatic carbocycles. The normalized spacial score (nSPS) is 12.5. The number of aryl methyl sites for hydroxylation is 2. The molecule has 0 saturated carbocycles. The highest BCUT2D eigenvalue weighted by molar-refractivity contribution is 9.10. The van der Waals surface area contributed by atoms with Gasteiger partial charge in [0.05, 0.1) is 10.7 Å². The van der Waals surface area contributed by atoms with Gasteiger partial charge in [-0.3, -0.25) is 0 Å². The van der Waals surface area contributed by atoms with Crippen LogP contribution in [0.15, 0.2) is 49.7 Å². The van der Waals surface area contributed by atoms with E-state index in [0.717, 1.165) is 37.7 Å². The fourth-order valence-electron chi connectivity index (χ4n) is 2.86. The van der Waals surface area contributed by atoms with Crippen molar-refractivity contribution in [3.63, 3.8) is 0 Å². The van der Waals surface area contributed by atoms with Gasteiger partial charge in [0.15, 0.2) is 0 Å². The predicted octanol–water partition coefficient (Wildman–Crippen LogP) is 5.60. The zero-order chi connectivity index (χ0) is 21.2. The number of nitrogens with one attached hydrogen (secondary N) is 1. The molecule has 1 N–H and O–H groups in total. The van der Waals surface area contributed by atoms with Crippen molar-refractivity contribution in [2.24, 2.45) is 0 Å². The lowest BCUT2D eigenvalue weighted by molar-refractivity contribution is 0.305. The Morgan fingerprint density at radius 2 is 1.97 bits per heavy atom. The van der Waals surface area contributed by atoms with Gasteiger partial charge < -0.3 is 9.15 Å². The first kappa shape index (κ1) is 22.0. The van der Waals surface area contributed by atoms with Gasteiger partial charge in [0.25, 0.3) is 0 Å². The van der Waals surface area contributed by atoms with Crippen LogP contribution in [0, 0.1) is 13.8 Å². The van der Waals surface area contributed by atoms with E-state index < -0.39 is 10.0 Å².